The summed E-state index contributed by atoms with van der Waals surface area (Å²) in [4.78, 5) is 26.1. The summed E-state index contributed by atoms with van der Waals surface area (Å²) in [6, 6.07) is 7.85. The van der Waals surface area contributed by atoms with E-state index in [1.54, 1.807) is 0 Å². The van der Waals surface area contributed by atoms with Gasteiger partial charge in [0.1, 0.15) is 5.01 Å². The van der Waals surface area contributed by atoms with Gasteiger partial charge in [-0.1, -0.05) is 29.5 Å². The summed E-state index contributed by atoms with van der Waals surface area (Å²) in [5, 5.41) is 12.2. The molecule has 26 heavy (non-hydrogen) atoms. The summed E-state index contributed by atoms with van der Waals surface area (Å²) in [6.07, 6.45) is 0.687. The number of ether oxygens (including phenoxy) is 1. The van der Waals surface area contributed by atoms with E-state index in [2.05, 4.69) is 15.5 Å². The number of hydrogen-bond acceptors (Lipinski definition) is 6. The van der Waals surface area contributed by atoms with Crippen LogP contribution in [0, 0.1) is 6.92 Å². The van der Waals surface area contributed by atoms with Gasteiger partial charge in [-0.2, -0.15) is 0 Å². The maximum absolute atomic E-state index is 12.4. The van der Waals surface area contributed by atoms with E-state index in [0.29, 0.717) is 31.3 Å². The summed E-state index contributed by atoms with van der Waals surface area (Å²) in [5.41, 5.74) is 2.01. The lowest BCUT2D eigenvalue weighted by Crippen LogP contribution is -2.25. The lowest BCUT2D eigenvalue weighted by Gasteiger charge is -2.18. The summed E-state index contributed by atoms with van der Waals surface area (Å²) in [6.45, 7) is 5.44. The first-order valence-corrected chi connectivity index (χ1v) is 9.47. The molecule has 2 heterocycles. The molecule has 0 spiro atoms. The highest BCUT2D eigenvalue weighted by atomic mass is 32.1. The zero-order valence-corrected chi connectivity index (χ0v) is 15.7. The lowest BCUT2D eigenvalue weighted by molar-refractivity contribution is -0.118. The molecule has 0 aliphatic carbocycles. The summed E-state index contributed by atoms with van der Waals surface area (Å²) >= 11 is 1.33. The number of hydrogen-bond donors (Lipinski definition) is 1. The molecule has 1 atom stereocenters. The number of nitrogens with zero attached hydrogens (tertiary/aromatic N) is 3. The number of nitrogens with one attached hydrogen (secondary N) is 1. The van der Waals surface area contributed by atoms with Gasteiger partial charge in [-0.25, -0.2) is 0 Å². The van der Waals surface area contributed by atoms with Crippen LogP contribution >= 0.6 is 11.3 Å². The molecule has 0 bridgehead atoms. The van der Waals surface area contributed by atoms with E-state index in [4.69, 9.17) is 4.74 Å². The van der Waals surface area contributed by atoms with Crippen molar-refractivity contribution in [2.24, 2.45) is 0 Å². The zero-order chi connectivity index (χ0) is 18.5. The second-order valence-corrected chi connectivity index (χ2v) is 7.14. The Hall–Kier alpha value is -2.32. The number of para-hydroxylation sites is 1. The van der Waals surface area contributed by atoms with Gasteiger partial charge in [0, 0.05) is 31.2 Å². The molecule has 0 saturated carbocycles. The number of anilines is 2. The van der Waals surface area contributed by atoms with Gasteiger partial charge >= 0.3 is 0 Å². The molecule has 0 radical (unpaired) electrons. The highest BCUT2D eigenvalue weighted by molar-refractivity contribution is 7.15. The monoisotopic (exact) mass is 374 g/mol. The topological polar surface area (TPSA) is 84.4 Å². The smallest absolute Gasteiger partial charge is 0.228 e. The Morgan fingerprint density at radius 2 is 2.19 bits per heavy atom. The van der Waals surface area contributed by atoms with Crippen molar-refractivity contribution in [3.05, 3.63) is 34.8 Å². The molecule has 1 aromatic carbocycles. The molecular formula is C18H22N4O3S. The molecule has 2 aromatic rings. The quantitative estimate of drug-likeness (QED) is 0.753. The Labute approximate surface area is 156 Å². The third kappa shape index (κ3) is 4.25. The van der Waals surface area contributed by atoms with Crippen molar-refractivity contribution in [3.8, 4) is 0 Å². The van der Waals surface area contributed by atoms with Crippen LogP contribution in [-0.2, 0) is 14.3 Å². The summed E-state index contributed by atoms with van der Waals surface area (Å²) in [5.74, 6) is -0.0688. The van der Waals surface area contributed by atoms with Gasteiger partial charge < -0.3 is 15.0 Å². The molecule has 8 heteroatoms. The zero-order valence-electron chi connectivity index (χ0n) is 14.9. The van der Waals surface area contributed by atoms with Crippen LogP contribution in [-0.4, -0.2) is 41.8 Å². The highest BCUT2D eigenvalue weighted by Crippen LogP contribution is 2.35. The molecule has 138 valence electrons. The molecule has 1 aromatic heterocycles. The summed E-state index contributed by atoms with van der Waals surface area (Å²) in [7, 11) is 0. The lowest BCUT2D eigenvalue weighted by atomic mass is 10.1. The van der Waals surface area contributed by atoms with Crippen molar-refractivity contribution in [2.45, 2.75) is 32.6 Å². The number of carbonyl (C=O) groups is 2. The van der Waals surface area contributed by atoms with E-state index >= 15 is 0 Å². The molecule has 1 N–H and O–H groups in total. The van der Waals surface area contributed by atoms with E-state index in [0.717, 1.165) is 16.3 Å². The molecular weight excluding hydrogens is 352 g/mol. The van der Waals surface area contributed by atoms with Gasteiger partial charge in [0.05, 0.1) is 13.0 Å². The van der Waals surface area contributed by atoms with Crippen LogP contribution in [0.4, 0.5) is 10.8 Å². The van der Waals surface area contributed by atoms with Crippen LogP contribution in [0.3, 0.4) is 0 Å². The van der Waals surface area contributed by atoms with Crippen LogP contribution in [0.1, 0.15) is 36.3 Å². The molecule has 1 saturated heterocycles. The van der Waals surface area contributed by atoms with Crippen LogP contribution in [0.2, 0.25) is 0 Å². The third-order valence-electron chi connectivity index (χ3n) is 4.25. The predicted molar refractivity (Wildman–Crippen MR) is 101 cm³/mol. The van der Waals surface area contributed by atoms with E-state index in [-0.39, 0.29) is 24.2 Å². The first kappa shape index (κ1) is 18.5. The number of amides is 2. The van der Waals surface area contributed by atoms with Crippen LogP contribution in [0.25, 0.3) is 0 Å². The van der Waals surface area contributed by atoms with Gasteiger partial charge in [-0.3, -0.25) is 9.59 Å². The minimum atomic E-state index is -0.148. The Morgan fingerprint density at radius 1 is 1.38 bits per heavy atom. The largest absolute Gasteiger partial charge is 0.381 e. The van der Waals surface area contributed by atoms with Gasteiger partial charge in [0.15, 0.2) is 0 Å². The average molecular weight is 374 g/mol. The average Bonchev–Trinajstić information content (AvgIpc) is 3.22. The Morgan fingerprint density at radius 3 is 2.96 bits per heavy atom. The number of aryl methyl sites for hydroxylation is 1. The van der Waals surface area contributed by atoms with Crippen LogP contribution in [0.15, 0.2) is 24.3 Å². The van der Waals surface area contributed by atoms with Crippen LogP contribution < -0.4 is 10.2 Å². The Bertz CT molecular complexity index is 792. The van der Waals surface area contributed by atoms with Crippen molar-refractivity contribution >= 4 is 34.0 Å². The molecule has 1 aliphatic heterocycles. The SMILES string of the molecule is CCOCCC(=O)Nc1nnc(C2CC(=O)N(c3ccccc3C)C2)s1. The Kier molecular flexibility index (Phi) is 5.95. The number of aromatic nitrogens is 2. The van der Waals surface area contributed by atoms with Crippen molar-refractivity contribution in [1.29, 1.82) is 0 Å². The van der Waals surface area contributed by atoms with E-state index in [1.165, 1.54) is 11.3 Å². The first-order valence-electron chi connectivity index (χ1n) is 8.65. The molecule has 1 fully saturated rings. The highest BCUT2D eigenvalue weighted by Gasteiger charge is 2.34. The summed E-state index contributed by atoms with van der Waals surface area (Å²) < 4.78 is 5.17. The second kappa shape index (κ2) is 8.37. The molecule has 2 amide bonds. The first-order chi connectivity index (χ1) is 12.6. The van der Waals surface area contributed by atoms with Gasteiger partial charge in [-0.05, 0) is 25.5 Å². The van der Waals surface area contributed by atoms with E-state index in [9.17, 15) is 9.59 Å². The number of carbonyl (C=O) groups excluding carboxylic acids is 2. The fourth-order valence-electron chi connectivity index (χ4n) is 2.91. The standard InChI is InChI=1S/C18H22N4O3S/c1-3-25-9-8-15(23)19-18-21-20-17(26-18)13-10-16(24)22(11-13)14-7-5-4-6-12(14)2/h4-7,13H,3,8-11H2,1-2H3,(H,19,21,23). The fraction of sp³-hybridized carbons (Fsp3) is 0.444. The minimum absolute atomic E-state index is 0.00585. The van der Waals surface area contributed by atoms with Crippen molar-refractivity contribution in [2.75, 3.05) is 30.0 Å². The van der Waals surface area contributed by atoms with Crippen molar-refractivity contribution in [1.82, 2.24) is 10.2 Å². The maximum Gasteiger partial charge on any atom is 0.228 e. The van der Waals surface area contributed by atoms with Crippen molar-refractivity contribution < 1.29 is 14.3 Å². The van der Waals surface area contributed by atoms with E-state index < -0.39 is 0 Å². The molecule has 3 rings (SSSR count). The predicted octanol–water partition coefficient (Wildman–Crippen LogP) is 2.73. The molecule has 1 unspecified atom stereocenters. The molecule has 1 aliphatic rings. The molecule has 7 nitrogen and oxygen atoms in total. The van der Waals surface area contributed by atoms with Gasteiger partial charge in [-0.15, -0.1) is 10.2 Å². The maximum atomic E-state index is 12.4. The number of rotatable bonds is 7. The third-order valence-corrected chi connectivity index (χ3v) is 5.25. The van der Waals surface area contributed by atoms with Gasteiger partial charge in [0.25, 0.3) is 0 Å². The fourth-order valence-corrected chi connectivity index (χ4v) is 3.76. The second-order valence-electron chi connectivity index (χ2n) is 6.13. The Balaban J connectivity index is 1.62. The van der Waals surface area contributed by atoms with Crippen LogP contribution in [0.5, 0.6) is 0 Å². The van der Waals surface area contributed by atoms with E-state index in [1.807, 2.05) is 43.0 Å². The normalized spacial score (nSPS) is 16.9. The van der Waals surface area contributed by atoms with Gasteiger partial charge in [0.2, 0.25) is 16.9 Å². The number of benzene rings is 1. The van der Waals surface area contributed by atoms with Crippen molar-refractivity contribution in [3.63, 3.8) is 0 Å². The minimum Gasteiger partial charge on any atom is -0.381 e.